The highest BCUT2D eigenvalue weighted by atomic mass is 16.5. The Kier molecular flexibility index (Phi) is 6.36. The second kappa shape index (κ2) is 8.63. The van der Waals surface area contributed by atoms with Gasteiger partial charge >= 0.3 is 0 Å². The van der Waals surface area contributed by atoms with Crippen molar-refractivity contribution in [3.63, 3.8) is 0 Å². The monoisotopic (exact) mass is 401 g/mol. The molecule has 1 aliphatic rings. The molecule has 0 amide bonds. The largest absolute Gasteiger partial charge is 0.497 e. The zero-order valence-corrected chi connectivity index (χ0v) is 19.5. The van der Waals surface area contributed by atoms with Gasteiger partial charge in [0.05, 0.1) is 18.5 Å². The average molecular weight is 402 g/mol. The highest BCUT2D eigenvalue weighted by Gasteiger charge is 2.28. The van der Waals surface area contributed by atoms with Crippen LogP contribution in [0, 0.1) is 0 Å². The summed E-state index contributed by atoms with van der Waals surface area (Å²) in [4.78, 5) is 5.21. The molecule has 0 fully saturated rings. The molecule has 1 aliphatic carbocycles. The number of hydrogen-bond donors (Lipinski definition) is 0. The Morgan fingerprint density at radius 3 is 1.97 bits per heavy atom. The van der Waals surface area contributed by atoms with Gasteiger partial charge in [0.15, 0.2) is 0 Å². The quantitative estimate of drug-likeness (QED) is 0.471. The Morgan fingerprint density at radius 2 is 1.50 bits per heavy atom. The van der Waals surface area contributed by atoms with Crippen molar-refractivity contribution in [2.45, 2.75) is 65.2 Å². The number of rotatable bonds is 5. The van der Waals surface area contributed by atoms with Crippen molar-refractivity contribution in [3.05, 3.63) is 83.0 Å². The maximum absolute atomic E-state index is 5.33. The number of hydrogen-bond acceptors (Lipinski definition) is 2. The summed E-state index contributed by atoms with van der Waals surface area (Å²) in [5, 5.41) is 0. The first-order chi connectivity index (χ1) is 14.1. The third kappa shape index (κ3) is 5.11. The van der Waals surface area contributed by atoms with Gasteiger partial charge in [0, 0.05) is 12.0 Å². The molecule has 158 valence electrons. The number of ether oxygens (including phenoxy) is 1. The van der Waals surface area contributed by atoms with Crippen LogP contribution in [0.5, 0.6) is 5.75 Å². The van der Waals surface area contributed by atoms with Gasteiger partial charge in [0.25, 0.3) is 0 Å². The van der Waals surface area contributed by atoms with Crippen LogP contribution in [-0.4, -0.2) is 12.8 Å². The van der Waals surface area contributed by atoms with E-state index in [4.69, 9.17) is 9.73 Å². The van der Waals surface area contributed by atoms with Gasteiger partial charge < -0.3 is 4.74 Å². The van der Waals surface area contributed by atoms with E-state index in [1.807, 2.05) is 24.3 Å². The minimum absolute atomic E-state index is 0.0274. The van der Waals surface area contributed by atoms with E-state index in [2.05, 4.69) is 78.0 Å². The fourth-order valence-corrected chi connectivity index (χ4v) is 3.95. The lowest BCUT2D eigenvalue weighted by molar-refractivity contribution is 0.415. The van der Waals surface area contributed by atoms with Crippen LogP contribution in [0.4, 0.5) is 5.69 Å². The maximum atomic E-state index is 5.33. The van der Waals surface area contributed by atoms with Crippen LogP contribution in [0.1, 0.15) is 71.1 Å². The number of methoxy groups -OCH3 is 1. The molecule has 2 nitrogen and oxygen atoms in total. The molecular formula is C28H35NO. The third-order valence-electron chi connectivity index (χ3n) is 5.55. The van der Waals surface area contributed by atoms with Crippen LogP contribution in [0.3, 0.4) is 0 Å². The smallest absolute Gasteiger partial charge is 0.119 e. The first-order valence-electron chi connectivity index (χ1n) is 10.8. The lowest BCUT2D eigenvalue weighted by Gasteiger charge is -2.31. The molecule has 0 radical (unpaired) electrons. The molecule has 0 aliphatic heterocycles. The van der Waals surface area contributed by atoms with E-state index in [9.17, 15) is 0 Å². The highest BCUT2D eigenvalue weighted by molar-refractivity contribution is 6.06. The first-order valence-corrected chi connectivity index (χ1v) is 10.8. The second-order valence-electron chi connectivity index (χ2n) is 10.1. The number of aliphatic imine (C=N–C) groups is 1. The fourth-order valence-electron chi connectivity index (χ4n) is 3.95. The molecule has 2 aromatic carbocycles. The predicted molar refractivity (Wildman–Crippen MR) is 129 cm³/mol. The van der Waals surface area contributed by atoms with Crippen LogP contribution in [0.15, 0.2) is 71.3 Å². The van der Waals surface area contributed by atoms with Crippen LogP contribution >= 0.6 is 0 Å². The predicted octanol–water partition coefficient (Wildman–Crippen LogP) is 7.69. The zero-order chi connectivity index (χ0) is 21.9. The number of allylic oxidation sites excluding steroid dienone is 4. The maximum Gasteiger partial charge on any atom is 0.119 e. The molecule has 0 unspecified atom stereocenters. The van der Waals surface area contributed by atoms with Crippen molar-refractivity contribution in [2.24, 2.45) is 4.99 Å². The van der Waals surface area contributed by atoms with Gasteiger partial charge in [-0.2, -0.15) is 0 Å². The normalized spacial score (nSPS) is 14.8. The molecule has 0 heterocycles. The molecule has 3 rings (SSSR count). The molecule has 2 heteroatoms. The summed E-state index contributed by atoms with van der Waals surface area (Å²) >= 11 is 0. The van der Waals surface area contributed by atoms with Gasteiger partial charge in [-0.3, -0.25) is 4.99 Å². The Morgan fingerprint density at radius 1 is 0.900 bits per heavy atom. The first kappa shape index (κ1) is 22.1. The van der Waals surface area contributed by atoms with Crippen LogP contribution in [0.2, 0.25) is 0 Å². The van der Waals surface area contributed by atoms with Crippen LogP contribution in [-0.2, 0) is 10.8 Å². The molecule has 0 atom stereocenters. The second-order valence-corrected chi connectivity index (χ2v) is 10.1. The van der Waals surface area contributed by atoms with Crippen molar-refractivity contribution >= 4 is 11.4 Å². The molecule has 30 heavy (non-hydrogen) atoms. The zero-order valence-electron chi connectivity index (χ0n) is 19.5. The van der Waals surface area contributed by atoms with Crippen molar-refractivity contribution in [1.82, 2.24) is 0 Å². The summed E-state index contributed by atoms with van der Waals surface area (Å²) in [6, 6.07) is 14.8. The molecule has 0 bridgehead atoms. The Hall–Kier alpha value is -2.61. The van der Waals surface area contributed by atoms with Crippen molar-refractivity contribution in [2.75, 3.05) is 7.11 Å². The molecular weight excluding hydrogens is 366 g/mol. The van der Waals surface area contributed by atoms with E-state index in [0.29, 0.717) is 0 Å². The number of benzene rings is 2. The SMILES string of the molecule is COc1ccc(N=C(CC2=CC=CC2)c2c(C(C)(C)C)cccc2C(C)(C)C)cc1. The lowest BCUT2D eigenvalue weighted by Crippen LogP contribution is -2.24. The minimum atomic E-state index is 0.0274. The van der Waals surface area contributed by atoms with E-state index < -0.39 is 0 Å². The Bertz CT molecular complexity index is 945. The number of nitrogens with zero attached hydrogens (tertiary/aromatic N) is 1. The van der Waals surface area contributed by atoms with Crippen LogP contribution in [0.25, 0.3) is 0 Å². The Balaban J connectivity index is 2.23. The van der Waals surface area contributed by atoms with Crippen LogP contribution < -0.4 is 4.74 Å². The summed E-state index contributed by atoms with van der Waals surface area (Å²) in [6.45, 7) is 13.7. The summed E-state index contributed by atoms with van der Waals surface area (Å²) in [6.07, 6.45) is 8.47. The Labute approximate surface area is 182 Å². The van der Waals surface area contributed by atoms with E-state index in [-0.39, 0.29) is 10.8 Å². The van der Waals surface area contributed by atoms with E-state index in [1.165, 1.54) is 22.3 Å². The van der Waals surface area contributed by atoms with Crippen molar-refractivity contribution < 1.29 is 4.74 Å². The van der Waals surface area contributed by atoms with Gasteiger partial charge in [-0.05, 0) is 52.6 Å². The average Bonchev–Trinajstić information content (AvgIpc) is 3.19. The summed E-state index contributed by atoms with van der Waals surface area (Å²) in [5.41, 5.74) is 7.58. The third-order valence-corrected chi connectivity index (χ3v) is 5.55. The summed E-state index contributed by atoms with van der Waals surface area (Å²) in [5.74, 6) is 0.851. The molecule has 0 saturated carbocycles. The molecule has 0 saturated heterocycles. The van der Waals surface area contributed by atoms with Crippen molar-refractivity contribution in [1.29, 1.82) is 0 Å². The van der Waals surface area contributed by atoms with Gasteiger partial charge in [-0.15, -0.1) is 0 Å². The standard InChI is InChI=1S/C28H35NO/c1-27(2,3)23-13-10-14-24(28(4,5)6)26(23)25(19-20-11-8-9-12-20)29-21-15-17-22(30-7)18-16-21/h8-11,13-18H,12,19H2,1-7H3. The lowest BCUT2D eigenvalue weighted by atomic mass is 9.74. The van der Waals surface area contributed by atoms with Gasteiger partial charge in [-0.25, -0.2) is 0 Å². The van der Waals surface area contributed by atoms with Gasteiger partial charge in [-0.1, -0.05) is 83.5 Å². The molecule has 0 spiro atoms. The van der Waals surface area contributed by atoms with Gasteiger partial charge in [0.1, 0.15) is 5.75 Å². The molecule has 0 N–H and O–H groups in total. The van der Waals surface area contributed by atoms with Crippen molar-refractivity contribution in [3.8, 4) is 5.75 Å². The fraction of sp³-hybridized carbons (Fsp3) is 0.393. The van der Waals surface area contributed by atoms with E-state index in [0.717, 1.165) is 30.0 Å². The van der Waals surface area contributed by atoms with E-state index >= 15 is 0 Å². The van der Waals surface area contributed by atoms with E-state index in [1.54, 1.807) is 7.11 Å². The summed E-state index contributed by atoms with van der Waals surface area (Å²) < 4.78 is 5.33. The molecule has 0 aromatic heterocycles. The minimum Gasteiger partial charge on any atom is -0.497 e. The van der Waals surface area contributed by atoms with Gasteiger partial charge in [0.2, 0.25) is 0 Å². The summed E-state index contributed by atoms with van der Waals surface area (Å²) in [7, 11) is 1.69. The molecule has 2 aromatic rings. The topological polar surface area (TPSA) is 21.6 Å². The highest BCUT2D eigenvalue weighted by Crippen LogP contribution is 2.36.